The number of thiophene rings is 1. The highest BCUT2D eigenvalue weighted by molar-refractivity contribution is 7.26. The SMILES string of the molecule is Cn1nc(Nc2ccc(NC(=O)c3ccccc3)cc2)c2sc3ncccc3c21. The Morgan fingerprint density at radius 1 is 0.966 bits per heavy atom. The van der Waals surface area contributed by atoms with E-state index in [0.29, 0.717) is 5.56 Å². The molecule has 142 valence electrons. The predicted octanol–water partition coefficient (Wildman–Crippen LogP) is 5.18. The molecule has 0 saturated carbocycles. The first-order chi connectivity index (χ1) is 14.2. The summed E-state index contributed by atoms with van der Waals surface area (Å²) < 4.78 is 2.95. The van der Waals surface area contributed by atoms with Crippen molar-refractivity contribution in [2.24, 2.45) is 7.05 Å². The first kappa shape index (κ1) is 17.4. The number of aryl methyl sites for hydroxylation is 1. The predicted molar refractivity (Wildman–Crippen MR) is 118 cm³/mol. The molecule has 0 radical (unpaired) electrons. The monoisotopic (exact) mass is 399 g/mol. The van der Waals surface area contributed by atoms with Crippen LogP contribution in [0.15, 0.2) is 72.9 Å². The van der Waals surface area contributed by atoms with Gasteiger partial charge in [-0.1, -0.05) is 18.2 Å². The van der Waals surface area contributed by atoms with Gasteiger partial charge in [-0.2, -0.15) is 5.10 Å². The van der Waals surface area contributed by atoms with Gasteiger partial charge in [-0.05, 0) is 48.5 Å². The molecule has 0 bridgehead atoms. The summed E-state index contributed by atoms with van der Waals surface area (Å²) in [7, 11) is 1.94. The zero-order chi connectivity index (χ0) is 19.8. The molecular weight excluding hydrogens is 382 g/mol. The number of anilines is 3. The lowest BCUT2D eigenvalue weighted by Gasteiger charge is -2.07. The van der Waals surface area contributed by atoms with Crippen LogP contribution in [0.2, 0.25) is 0 Å². The van der Waals surface area contributed by atoms with Crippen molar-refractivity contribution in [3.05, 3.63) is 78.5 Å². The molecule has 0 unspecified atom stereocenters. The highest BCUT2D eigenvalue weighted by Crippen LogP contribution is 2.37. The fourth-order valence-electron chi connectivity index (χ4n) is 3.30. The van der Waals surface area contributed by atoms with Gasteiger partial charge in [-0.15, -0.1) is 11.3 Å². The Hall–Kier alpha value is -3.71. The topological polar surface area (TPSA) is 71.8 Å². The number of fused-ring (bicyclic) bond motifs is 3. The molecule has 0 aliphatic carbocycles. The minimum absolute atomic E-state index is 0.129. The molecule has 0 aliphatic rings. The Morgan fingerprint density at radius 3 is 2.52 bits per heavy atom. The number of hydrogen-bond donors (Lipinski definition) is 2. The number of rotatable bonds is 4. The summed E-state index contributed by atoms with van der Waals surface area (Å²) in [5, 5.41) is 12.0. The van der Waals surface area contributed by atoms with Gasteiger partial charge in [-0.3, -0.25) is 9.48 Å². The van der Waals surface area contributed by atoms with Crippen LogP contribution in [0.5, 0.6) is 0 Å². The van der Waals surface area contributed by atoms with Gasteiger partial charge in [0.25, 0.3) is 5.91 Å². The van der Waals surface area contributed by atoms with Crippen LogP contribution >= 0.6 is 11.3 Å². The third kappa shape index (κ3) is 3.21. The summed E-state index contributed by atoms with van der Waals surface area (Å²) in [5.41, 5.74) is 3.34. The number of aromatic nitrogens is 3. The van der Waals surface area contributed by atoms with Crippen LogP contribution in [0.4, 0.5) is 17.2 Å². The van der Waals surface area contributed by atoms with Gasteiger partial charge in [-0.25, -0.2) is 4.98 Å². The van der Waals surface area contributed by atoms with Crippen molar-refractivity contribution in [1.29, 1.82) is 0 Å². The van der Waals surface area contributed by atoms with Crippen LogP contribution in [-0.4, -0.2) is 20.7 Å². The zero-order valence-electron chi connectivity index (χ0n) is 15.6. The van der Waals surface area contributed by atoms with Crippen molar-refractivity contribution in [1.82, 2.24) is 14.8 Å². The average molecular weight is 399 g/mol. The molecule has 1 amide bonds. The van der Waals surface area contributed by atoms with E-state index in [1.54, 1.807) is 29.7 Å². The average Bonchev–Trinajstić information content (AvgIpc) is 3.28. The lowest BCUT2D eigenvalue weighted by molar-refractivity contribution is 0.102. The normalized spacial score (nSPS) is 11.1. The number of carbonyl (C=O) groups is 1. The minimum atomic E-state index is -0.129. The molecule has 0 aliphatic heterocycles. The molecule has 29 heavy (non-hydrogen) atoms. The van der Waals surface area contributed by atoms with Gasteiger partial charge in [0.05, 0.1) is 10.2 Å². The second kappa shape index (κ2) is 7.03. The van der Waals surface area contributed by atoms with Gasteiger partial charge in [0.15, 0.2) is 5.82 Å². The largest absolute Gasteiger partial charge is 0.338 e. The molecule has 0 saturated heterocycles. The number of benzene rings is 2. The molecule has 3 aromatic heterocycles. The lowest BCUT2D eigenvalue weighted by atomic mass is 10.2. The van der Waals surface area contributed by atoms with E-state index in [1.807, 2.05) is 60.3 Å². The number of pyridine rings is 1. The van der Waals surface area contributed by atoms with Gasteiger partial charge in [0, 0.05) is 35.6 Å². The van der Waals surface area contributed by atoms with E-state index < -0.39 is 0 Å². The van der Waals surface area contributed by atoms with Crippen molar-refractivity contribution in [2.45, 2.75) is 0 Å². The third-order valence-electron chi connectivity index (χ3n) is 4.67. The molecule has 2 aromatic carbocycles. The van der Waals surface area contributed by atoms with Gasteiger partial charge in [0.2, 0.25) is 0 Å². The van der Waals surface area contributed by atoms with Crippen LogP contribution in [0.1, 0.15) is 10.4 Å². The van der Waals surface area contributed by atoms with Crippen molar-refractivity contribution < 1.29 is 4.79 Å². The number of amides is 1. The molecule has 6 nitrogen and oxygen atoms in total. The van der Waals surface area contributed by atoms with Crippen LogP contribution in [0.25, 0.3) is 20.4 Å². The number of nitrogens with one attached hydrogen (secondary N) is 2. The highest BCUT2D eigenvalue weighted by Gasteiger charge is 2.16. The summed E-state index contributed by atoms with van der Waals surface area (Å²) in [6.45, 7) is 0. The first-order valence-electron chi connectivity index (χ1n) is 9.13. The molecule has 5 aromatic rings. The minimum Gasteiger partial charge on any atom is -0.338 e. The first-order valence-corrected chi connectivity index (χ1v) is 9.94. The van der Waals surface area contributed by atoms with Crippen LogP contribution in [0, 0.1) is 0 Å². The van der Waals surface area contributed by atoms with Crippen molar-refractivity contribution in [3.63, 3.8) is 0 Å². The maximum Gasteiger partial charge on any atom is 0.255 e. The smallest absolute Gasteiger partial charge is 0.255 e. The Kier molecular flexibility index (Phi) is 4.22. The van der Waals surface area contributed by atoms with E-state index in [9.17, 15) is 4.79 Å². The fourth-order valence-corrected chi connectivity index (χ4v) is 4.40. The number of nitrogens with zero attached hydrogens (tertiary/aromatic N) is 3. The van der Waals surface area contributed by atoms with Crippen LogP contribution < -0.4 is 10.6 Å². The third-order valence-corrected chi connectivity index (χ3v) is 5.78. The molecule has 2 N–H and O–H groups in total. The Balaban J connectivity index is 1.38. The van der Waals surface area contributed by atoms with Gasteiger partial charge in [0.1, 0.15) is 4.83 Å². The van der Waals surface area contributed by atoms with Crippen molar-refractivity contribution in [2.75, 3.05) is 10.6 Å². The molecule has 0 spiro atoms. The molecule has 0 atom stereocenters. The Labute approximate surface area is 170 Å². The second-order valence-corrected chi connectivity index (χ2v) is 7.63. The van der Waals surface area contributed by atoms with E-state index in [1.165, 1.54) is 0 Å². The Morgan fingerprint density at radius 2 is 1.72 bits per heavy atom. The zero-order valence-corrected chi connectivity index (χ0v) is 16.4. The molecular formula is C22H17N5OS. The second-order valence-electron chi connectivity index (χ2n) is 6.63. The summed E-state index contributed by atoms with van der Waals surface area (Å²) in [6, 6.07) is 20.8. The van der Waals surface area contributed by atoms with E-state index >= 15 is 0 Å². The van der Waals surface area contributed by atoms with Crippen molar-refractivity contribution in [3.8, 4) is 0 Å². The lowest BCUT2D eigenvalue weighted by Crippen LogP contribution is -2.11. The van der Waals surface area contributed by atoms with Crippen molar-refractivity contribution >= 4 is 54.9 Å². The van der Waals surface area contributed by atoms with Gasteiger partial charge < -0.3 is 10.6 Å². The maximum atomic E-state index is 12.3. The van der Waals surface area contributed by atoms with E-state index in [4.69, 9.17) is 0 Å². The van der Waals surface area contributed by atoms with E-state index in [-0.39, 0.29) is 5.91 Å². The standard InChI is InChI=1S/C22H17N5OS/c1-27-18-17-8-5-13-23-22(17)29-19(18)20(26-27)24-15-9-11-16(12-10-15)25-21(28)14-6-3-2-4-7-14/h2-13H,1H3,(H,24,26)(H,25,28). The molecule has 0 fully saturated rings. The summed E-state index contributed by atoms with van der Waals surface area (Å²) in [5.74, 6) is 0.669. The fraction of sp³-hybridized carbons (Fsp3) is 0.0455. The Bertz CT molecular complexity index is 1320. The number of hydrogen-bond acceptors (Lipinski definition) is 5. The number of carbonyl (C=O) groups excluding carboxylic acids is 1. The van der Waals surface area contributed by atoms with Gasteiger partial charge >= 0.3 is 0 Å². The quantitative estimate of drug-likeness (QED) is 0.437. The van der Waals surface area contributed by atoms with Crippen LogP contribution in [-0.2, 0) is 7.05 Å². The maximum absolute atomic E-state index is 12.3. The van der Waals surface area contributed by atoms with E-state index in [2.05, 4.69) is 26.8 Å². The van der Waals surface area contributed by atoms with Crippen LogP contribution in [0.3, 0.4) is 0 Å². The molecule has 5 rings (SSSR count). The summed E-state index contributed by atoms with van der Waals surface area (Å²) in [4.78, 5) is 17.7. The van der Waals surface area contributed by atoms with E-state index in [0.717, 1.165) is 37.6 Å². The highest BCUT2D eigenvalue weighted by atomic mass is 32.1. The molecule has 7 heteroatoms. The summed E-state index contributed by atoms with van der Waals surface area (Å²) >= 11 is 1.62. The summed E-state index contributed by atoms with van der Waals surface area (Å²) in [6.07, 6.45) is 1.81. The molecule has 3 heterocycles.